The second-order valence-electron chi connectivity index (χ2n) is 4.87. The number of carbonyl (C=O) groups excluding carboxylic acids is 2. The van der Waals surface area contributed by atoms with Gasteiger partial charge in [0.2, 0.25) is 0 Å². The average Bonchev–Trinajstić information content (AvgIpc) is 2.49. The molecule has 0 radical (unpaired) electrons. The molecule has 3 rings (SSSR count). The summed E-state index contributed by atoms with van der Waals surface area (Å²) in [4.78, 5) is 26.0. The monoisotopic (exact) mass is 332 g/mol. The Bertz CT molecular complexity index is 750. The van der Waals surface area contributed by atoms with Gasteiger partial charge in [0.15, 0.2) is 11.8 Å². The van der Waals surface area contributed by atoms with Crippen molar-refractivity contribution < 1.29 is 9.59 Å². The molecule has 2 aromatic rings. The zero-order valence-corrected chi connectivity index (χ0v) is 13.3. The van der Waals surface area contributed by atoms with Gasteiger partial charge in [-0.1, -0.05) is 41.9 Å². The summed E-state index contributed by atoms with van der Waals surface area (Å²) in [6.07, 6.45) is 0. The Hall–Kier alpha value is -1.82. The van der Waals surface area contributed by atoms with Gasteiger partial charge < -0.3 is 5.32 Å². The molecule has 1 aliphatic heterocycles. The molecular weight excluding hydrogens is 320 g/mol. The first-order valence-electron chi connectivity index (χ1n) is 6.67. The fourth-order valence-electron chi connectivity index (χ4n) is 2.32. The molecule has 1 atom stereocenters. The molecule has 6 heteroatoms. The molecule has 0 bridgehead atoms. The molecule has 0 aliphatic carbocycles. The van der Waals surface area contributed by atoms with E-state index in [4.69, 9.17) is 11.6 Å². The first kappa shape index (κ1) is 15.1. The van der Waals surface area contributed by atoms with Gasteiger partial charge in [-0.3, -0.25) is 9.59 Å². The minimum absolute atomic E-state index is 0.207. The standard InChI is InChI=1S/C16H13ClN2O2S/c1-19-14(15(20)10-6-2-5-9-13(10)22-19)16(21)18-12-8-4-3-7-11(12)17/h2-9,14H,1H3,(H,18,21). The van der Waals surface area contributed by atoms with Crippen LogP contribution in [0, 0.1) is 0 Å². The molecule has 0 aromatic heterocycles. The van der Waals surface area contributed by atoms with Crippen LogP contribution in [0.4, 0.5) is 5.69 Å². The second-order valence-corrected chi connectivity index (χ2v) is 6.48. The fourth-order valence-corrected chi connectivity index (χ4v) is 3.51. The number of halogens is 1. The van der Waals surface area contributed by atoms with Gasteiger partial charge in [-0.25, -0.2) is 4.31 Å². The van der Waals surface area contributed by atoms with Crippen molar-refractivity contribution in [3.05, 3.63) is 59.1 Å². The van der Waals surface area contributed by atoms with Gasteiger partial charge in [0.25, 0.3) is 5.91 Å². The highest BCUT2D eigenvalue weighted by atomic mass is 35.5. The van der Waals surface area contributed by atoms with Gasteiger partial charge in [-0.05, 0) is 37.2 Å². The lowest BCUT2D eigenvalue weighted by atomic mass is 10.0. The van der Waals surface area contributed by atoms with Crippen LogP contribution in [-0.4, -0.2) is 29.1 Å². The van der Waals surface area contributed by atoms with Crippen molar-refractivity contribution in [2.45, 2.75) is 10.9 Å². The summed E-state index contributed by atoms with van der Waals surface area (Å²) in [7, 11) is 1.73. The third-order valence-corrected chi connectivity index (χ3v) is 4.77. The number of benzene rings is 2. The molecule has 112 valence electrons. The summed E-state index contributed by atoms with van der Waals surface area (Å²) in [5.41, 5.74) is 1.07. The van der Waals surface area contributed by atoms with E-state index in [1.807, 2.05) is 12.1 Å². The Morgan fingerprint density at radius 3 is 2.64 bits per heavy atom. The molecule has 4 nitrogen and oxygen atoms in total. The number of fused-ring (bicyclic) bond motifs is 1. The van der Waals surface area contributed by atoms with Crippen LogP contribution in [0.1, 0.15) is 10.4 Å². The largest absolute Gasteiger partial charge is 0.323 e. The van der Waals surface area contributed by atoms with Crippen molar-refractivity contribution in [3.63, 3.8) is 0 Å². The third-order valence-electron chi connectivity index (χ3n) is 3.39. The number of likely N-dealkylation sites (N-methyl/N-ethyl adjacent to an activating group) is 1. The van der Waals surface area contributed by atoms with Crippen molar-refractivity contribution in [1.29, 1.82) is 0 Å². The predicted molar refractivity (Wildman–Crippen MR) is 88.3 cm³/mol. The number of amides is 1. The minimum atomic E-state index is -0.879. The number of hydrogen-bond acceptors (Lipinski definition) is 4. The topological polar surface area (TPSA) is 49.4 Å². The third kappa shape index (κ3) is 2.75. The van der Waals surface area contributed by atoms with Crippen LogP contribution in [0.3, 0.4) is 0 Å². The van der Waals surface area contributed by atoms with E-state index in [1.54, 1.807) is 47.8 Å². The maximum absolute atomic E-state index is 12.6. The molecule has 1 heterocycles. The van der Waals surface area contributed by atoms with E-state index in [0.717, 1.165) is 4.90 Å². The normalized spacial score (nSPS) is 17.9. The molecule has 1 aliphatic rings. The van der Waals surface area contributed by atoms with Crippen LogP contribution in [-0.2, 0) is 4.79 Å². The summed E-state index contributed by atoms with van der Waals surface area (Å²) >= 11 is 7.43. The zero-order chi connectivity index (χ0) is 15.7. The number of ketones is 1. The number of hydrogen-bond donors (Lipinski definition) is 1. The highest BCUT2D eigenvalue weighted by Gasteiger charge is 2.37. The van der Waals surface area contributed by atoms with E-state index in [9.17, 15) is 9.59 Å². The molecule has 0 spiro atoms. The van der Waals surface area contributed by atoms with Crippen LogP contribution in [0.15, 0.2) is 53.4 Å². The predicted octanol–water partition coefficient (Wildman–Crippen LogP) is 3.48. The van der Waals surface area contributed by atoms with Gasteiger partial charge in [-0.15, -0.1) is 0 Å². The quantitative estimate of drug-likeness (QED) is 0.675. The molecule has 1 amide bonds. The van der Waals surface area contributed by atoms with Gasteiger partial charge in [0, 0.05) is 10.5 Å². The van der Waals surface area contributed by atoms with E-state index in [1.165, 1.54) is 11.9 Å². The molecule has 1 N–H and O–H groups in total. The zero-order valence-electron chi connectivity index (χ0n) is 11.7. The summed E-state index contributed by atoms with van der Waals surface area (Å²) in [6.45, 7) is 0. The Morgan fingerprint density at radius 2 is 1.86 bits per heavy atom. The summed E-state index contributed by atoms with van der Waals surface area (Å²) in [5.74, 6) is -0.594. The minimum Gasteiger partial charge on any atom is -0.323 e. The summed E-state index contributed by atoms with van der Waals surface area (Å²) < 4.78 is 1.66. The van der Waals surface area contributed by atoms with E-state index < -0.39 is 6.04 Å². The fraction of sp³-hybridized carbons (Fsp3) is 0.125. The van der Waals surface area contributed by atoms with Gasteiger partial charge in [-0.2, -0.15) is 0 Å². The lowest BCUT2D eigenvalue weighted by Crippen LogP contribution is -2.46. The van der Waals surface area contributed by atoms with E-state index in [-0.39, 0.29) is 11.7 Å². The molecule has 22 heavy (non-hydrogen) atoms. The van der Waals surface area contributed by atoms with Gasteiger partial charge in [0.05, 0.1) is 10.7 Å². The Kier molecular flexibility index (Phi) is 4.20. The molecule has 0 saturated carbocycles. The Morgan fingerprint density at radius 1 is 1.18 bits per heavy atom. The summed E-state index contributed by atoms with van der Waals surface area (Å²) in [5, 5.41) is 3.16. The van der Waals surface area contributed by atoms with Crippen LogP contribution in [0.5, 0.6) is 0 Å². The number of carbonyl (C=O) groups is 2. The van der Waals surface area contributed by atoms with E-state index >= 15 is 0 Å². The number of para-hydroxylation sites is 1. The van der Waals surface area contributed by atoms with Gasteiger partial charge >= 0.3 is 0 Å². The molecule has 0 fully saturated rings. The van der Waals surface area contributed by atoms with E-state index in [2.05, 4.69) is 5.32 Å². The van der Waals surface area contributed by atoms with Crippen molar-refractivity contribution in [2.75, 3.05) is 12.4 Å². The van der Waals surface area contributed by atoms with Gasteiger partial charge in [0.1, 0.15) is 0 Å². The highest BCUT2D eigenvalue weighted by Crippen LogP contribution is 2.34. The first-order chi connectivity index (χ1) is 10.6. The Labute approximate surface area is 137 Å². The average molecular weight is 333 g/mol. The maximum atomic E-state index is 12.6. The van der Waals surface area contributed by atoms with Crippen molar-refractivity contribution in [3.8, 4) is 0 Å². The number of anilines is 1. The highest BCUT2D eigenvalue weighted by molar-refractivity contribution is 7.97. The molecular formula is C16H13ClN2O2S. The molecule has 2 aromatic carbocycles. The van der Waals surface area contributed by atoms with E-state index in [0.29, 0.717) is 16.3 Å². The number of nitrogens with zero attached hydrogens (tertiary/aromatic N) is 1. The van der Waals surface area contributed by atoms with Crippen LogP contribution in [0.25, 0.3) is 0 Å². The van der Waals surface area contributed by atoms with Crippen molar-refractivity contribution >= 4 is 40.9 Å². The van der Waals surface area contributed by atoms with Crippen LogP contribution in [0.2, 0.25) is 5.02 Å². The molecule has 1 unspecified atom stereocenters. The first-order valence-corrected chi connectivity index (χ1v) is 7.82. The van der Waals surface area contributed by atoms with Crippen LogP contribution >= 0.6 is 23.5 Å². The lowest BCUT2D eigenvalue weighted by molar-refractivity contribution is -0.118. The number of rotatable bonds is 2. The number of nitrogens with one attached hydrogen (secondary N) is 1. The van der Waals surface area contributed by atoms with Crippen molar-refractivity contribution in [2.24, 2.45) is 0 Å². The molecule has 0 saturated heterocycles. The van der Waals surface area contributed by atoms with Crippen molar-refractivity contribution in [1.82, 2.24) is 4.31 Å². The van der Waals surface area contributed by atoms with Crippen LogP contribution < -0.4 is 5.32 Å². The maximum Gasteiger partial charge on any atom is 0.250 e. The lowest BCUT2D eigenvalue weighted by Gasteiger charge is -2.30. The summed E-state index contributed by atoms with van der Waals surface area (Å²) in [6, 6.07) is 13.4. The second kappa shape index (κ2) is 6.12. The Balaban J connectivity index is 1.87. The number of Topliss-reactive ketones (excluding diaryl/α,β-unsaturated/α-hetero) is 1. The smallest absolute Gasteiger partial charge is 0.250 e. The SMILES string of the molecule is CN1Sc2ccccc2C(=O)C1C(=O)Nc1ccccc1Cl.